The first-order valence-corrected chi connectivity index (χ1v) is 19.3. The molecule has 55 heavy (non-hydrogen) atoms. The van der Waals surface area contributed by atoms with Crippen LogP contribution in [0.25, 0.3) is 33.3 Å². The van der Waals surface area contributed by atoms with Gasteiger partial charge in [-0.25, -0.2) is 5.43 Å². The molecule has 3 N–H and O–H groups in total. The molecule has 1 aliphatic carbocycles. The Labute approximate surface area is 321 Å². The van der Waals surface area contributed by atoms with Gasteiger partial charge in [0.05, 0.1) is 42.0 Å². The van der Waals surface area contributed by atoms with Crippen LogP contribution in [0.1, 0.15) is 76.3 Å². The topological polar surface area (TPSA) is 159 Å². The summed E-state index contributed by atoms with van der Waals surface area (Å²) < 4.78 is 14.1. The third-order valence-corrected chi connectivity index (χ3v) is 11.5. The van der Waals surface area contributed by atoms with Gasteiger partial charge in [0, 0.05) is 54.7 Å². The molecule has 2 fully saturated rings. The Morgan fingerprint density at radius 3 is 2.71 bits per heavy atom. The highest BCUT2D eigenvalue weighted by Crippen LogP contribution is 2.42. The van der Waals surface area contributed by atoms with Gasteiger partial charge in [-0.05, 0) is 105 Å². The van der Waals surface area contributed by atoms with Crippen molar-refractivity contribution in [2.45, 2.75) is 91.0 Å². The van der Waals surface area contributed by atoms with Crippen LogP contribution in [0.3, 0.4) is 0 Å². The number of hydrogen-bond acceptors (Lipinski definition) is 9. The van der Waals surface area contributed by atoms with Gasteiger partial charge in [0.15, 0.2) is 0 Å². The fourth-order valence-corrected chi connectivity index (χ4v) is 8.31. The number of fused-ring (bicyclic) bond motifs is 6. The first-order valence-electron chi connectivity index (χ1n) is 19.3. The lowest BCUT2D eigenvalue weighted by molar-refractivity contribution is -0.155. The molecule has 7 rings (SSSR count). The standard InChI is InChI=1S/C43H50N6O6/c1-6-48-37-14-12-27-21-33(37)34(39(48)32-9-7-15-45-38(32)25(2)54-5)22-43(3,4)24-55-42(53)35-10-8-16-49(47-35)41(52)36(19-26-17-29(27)20-30(50)18-26)46-40(51)31-13-11-28(31)23-44/h7,9,12,14-15,17-18,20-21,25,28,31,35-36,47,50H,6,8,10-11,13,16,19,22,24H2,1-5H3,(H,46,51)/t25?,28?,31?,35-,36?/m0/s1. The summed E-state index contributed by atoms with van der Waals surface area (Å²) in [5, 5.41) is 26.0. The Balaban J connectivity index is 1.38. The molecular formula is C43H50N6O6. The van der Waals surface area contributed by atoms with Crippen molar-refractivity contribution in [3.63, 3.8) is 0 Å². The van der Waals surface area contributed by atoms with Crippen LogP contribution in [-0.4, -0.2) is 69.8 Å². The molecule has 5 atom stereocenters. The van der Waals surface area contributed by atoms with E-state index in [-0.39, 0.29) is 30.8 Å². The van der Waals surface area contributed by atoms with E-state index in [1.807, 2.05) is 25.1 Å². The summed E-state index contributed by atoms with van der Waals surface area (Å²) in [6.45, 7) is 9.44. The largest absolute Gasteiger partial charge is 0.508 e. The smallest absolute Gasteiger partial charge is 0.324 e. The minimum absolute atomic E-state index is 0.0312. The minimum atomic E-state index is -1.01. The zero-order valence-electron chi connectivity index (χ0n) is 32.2. The number of hydrazine groups is 1. The third-order valence-electron chi connectivity index (χ3n) is 11.5. The van der Waals surface area contributed by atoms with E-state index >= 15 is 0 Å². The number of nitrogens with one attached hydrogen (secondary N) is 2. The number of aromatic hydroxyl groups is 1. The number of nitriles is 1. The molecule has 288 valence electrons. The van der Waals surface area contributed by atoms with Crippen molar-refractivity contribution in [1.29, 1.82) is 5.26 Å². The van der Waals surface area contributed by atoms with Crippen molar-refractivity contribution >= 4 is 28.7 Å². The van der Waals surface area contributed by atoms with Crippen LogP contribution < -0.4 is 10.7 Å². The minimum Gasteiger partial charge on any atom is -0.508 e. The average molecular weight is 747 g/mol. The van der Waals surface area contributed by atoms with Gasteiger partial charge in [-0.15, -0.1) is 0 Å². The summed E-state index contributed by atoms with van der Waals surface area (Å²) in [5.41, 5.74) is 9.80. The fourth-order valence-electron chi connectivity index (χ4n) is 8.31. The summed E-state index contributed by atoms with van der Waals surface area (Å²) in [6, 6.07) is 16.0. The predicted molar refractivity (Wildman–Crippen MR) is 207 cm³/mol. The molecule has 4 unspecified atom stereocenters. The first kappa shape index (κ1) is 38.0. The van der Waals surface area contributed by atoms with Gasteiger partial charge < -0.3 is 24.5 Å². The van der Waals surface area contributed by atoms with Gasteiger partial charge in [-0.1, -0.05) is 26.0 Å². The van der Waals surface area contributed by atoms with Gasteiger partial charge in [-0.2, -0.15) is 5.26 Å². The Hall–Kier alpha value is -5.25. The molecule has 2 aliphatic heterocycles. The Kier molecular flexibility index (Phi) is 10.7. The Morgan fingerprint density at radius 2 is 1.98 bits per heavy atom. The number of aromatic nitrogens is 2. The lowest BCUT2D eigenvalue weighted by atomic mass is 9.74. The molecule has 12 heteroatoms. The number of carbonyl (C=O) groups excluding carboxylic acids is 3. The number of hydrogen-bond donors (Lipinski definition) is 3. The molecule has 1 saturated carbocycles. The zero-order chi connectivity index (χ0) is 39.0. The summed E-state index contributed by atoms with van der Waals surface area (Å²) in [6.07, 6.45) is 4.44. The van der Waals surface area contributed by atoms with Gasteiger partial charge in [0.2, 0.25) is 5.91 Å². The molecule has 3 aliphatic rings. The number of methoxy groups -OCH3 is 1. The molecule has 6 bridgehead atoms. The quantitative estimate of drug-likeness (QED) is 0.201. The number of aryl methyl sites for hydroxylation is 1. The highest BCUT2D eigenvalue weighted by molar-refractivity contribution is 5.95. The predicted octanol–water partition coefficient (Wildman–Crippen LogP) is 6.00. The van der Waals surface area contributed by atoms with Crippen molar-refractivity contribution < 1.29 is 29.0 Å². The number of nitrogens with zero attached hydrogens (tertiary/aromatic N) is 4. The molecule has 0 spiro atoms. The van der Waals surface area contributed by atoms with Crippen LogP contribution in [0, 0.1) is 28.6 Å². The molecule has 4 heterocycles. The van der Waals surface area contributed by atoms with E-state index < -0.39 is 41.2 Å². The maximum Gasteiger partial charge on any atom is 0.324 e. The summed E-state index contributed by atoms with van der Waals surface area (Å²) >= 11 is 0. The second-order valence-corrected chi connectivity index (χ2v) is 16.0. The van der Waals surface area contributed by atoms with Gasteiger partial charge in [0.1, 0.15) is 17.8 Å². The van der Waals surface area contributed by atoms with Crippen molar-refractivity contribution in [3.8, 4) is 34.2 Å². The lowest BCUT2D eigenvalue weighted by Crippen LogP contribution is -2.61. The van der Waals surface area contributed by atoms with Crippen molar-refractivity contribution in [2.75, 3.05) is 20.3 Å². The van der Waals surface area contributed by atoms with Crippen LogP contribution in [0.4, 0.5) is 0 Å². The normalized spacial score (nSPS) is 23.2. The number of benzene rings is 2. The Morgan fingerprint density at radius 1 is 1.16 bits per heavy atom. The molecule has 1 saturated heterocycles. The molecule has 0 radical (unpaired) electrons. The van der Waals surface area contributed by atoms with Crippen LogP contribution >= 0.6 is 0 Å². The maximum absolute atomic E-state index is 14.2. The van der Waals surface area contributed by atoms with E-state index in [1.54, 1.807) is 25.4 Å². The maximum atomic E-state index is 14.2. The molecule has 12 nitrogen and oxygen atoms in total. The SMILES string of the molecule is CCn1c(-c2cccnc2C(C)OC)c2c3cc(ccc31)-c1cc(O)cc(c1)CC(NC(=O)C1CCC1C#N)C(=O)N1CCC[C@H](N1)C(=O)OCC(C)(C)C2. The molecule has 2 amide bonds. The lowest BCUT2D eigenvalue weighted by Gasteiger charge is -2.37. The fraction of sp³-hybridized carbons (Fsp3) is 0.465. The highest BCUT2D eigenvalue weighted by Gasteiger charge is 2.40. The number of amides is 2. The number of carbonyl (C=O) groups is 3. The Bertz CT molecular complexity index is 2170. The number of phenolic OH excluding ortho intramolecular Hbond substituents is 1. The molecule has 2 aromatic carbocycles. The summed E-state index contributed by atoms with van der Waals surface area (Å²) in [5.74, 6) is -2.05. The summed E-state index contributed by atoms with van der Waals surface area (Å²) in [4.78, 5) is 46.1. The molecular weight excluding hydrogens is 697 g/mol. The molecule has 2 aromatic heterocycles. The first-order chi connectivity index (χ1) is 26.4. The number of esters is 1. The second-order valence-electron chi connectivity index (χ2n) is 16.0. The van der Waals surface area contributed by atoms with E-state index in [4.69, 9.17) is 14.5 Å². The zero-order valence-corrected chi connectivity index (χ0v) is 32.2. The van der Waals surface area contributed by atoms with Crippen molar-refractivity contribution in [3.05, 3.63) is 71.5 Å². The number of ether oxygens (including phenoxy) is 2. The second kappa shape index (κ2) is 15.5. The van der Waals surface area contributed by atoms with Gasteiger partial charge in [0.25, 0.3) is 5.91 Å². The molecule has 4 aromatic rings. The monoisotopic (exact) mass is 746 g/mol. The van der Waals surface area contributed by atoms with E-state index in [1.165, 1.54) is 5.01 Å². The third kappa shape index (κ3) is 7.56. The van der Waals surface area contributed by atoms with Crippen molar-refractivity contribution in [2.24, 2.45) is 17.3 Å². The highest BCUT2D eigenvalue weighted by atomic mass is 16.5. The van der Waals surface area contributed by atoms with Gasteiger partial charge >= 0.3 is 5.97 Å². The van der Waals surface area contributed by atoms with Crippen molar-refractivity contribution in [1.82, 2.24) is 25.3 Å². The van der Waals surface area contributed by atoms with E-state index in [0.29, 0.717) is 50.8 Å². The van der Waals surface area contributed by atoms with Crippen LogP contribution in [0.5, 0.6) is 5.75 Å². The van der Waals surface area contributed by atoms with Crippen LogP contribution in [-0.2, 0) is 43.2 Å². The van der Waals surface area contributed by atoms with Crippen LogP contribution in [0.2, 0.25) is 0 Å². The summed E-state index contributed by atoms with van der Waals surface area (Å²) in [7, 11) is 1.68. The van der Waals surface area contributed by atoms with E-state index in [2.05, 4.69) is 60.3 Å². The number of pyridine rings is 1. The number of cyclic esters (lactones) is 1. The number of rotatable bonds is 6. The van der Waals surface area contributed by atoms with Gasteiger partial charge in [-0.3, -0.25) is 24.4 Å². The van der Waals surface area contributed by atoms with E-state index in [9.17, 15) is 24.8 Å². The van der Waals surface area contributed by atoms with E-state index in [0.717, 1.165) is 44.5 Å². The number of phenols is 1. The average Bonchev–Trinajstić information content (AvgIpc) is 3.46. The van der Waals surface area contributed by atoms with Crippen LogP contribution in [0.15, 0.2) is 54.7 Å².